The Hall–Kier alpha value is -1.36. The molecule has 0 radical (unpaired) electrons. The molecule has 0 saturated carbocycles. The fourth-order valence-electron chi connectivity index (χ4n) is 1.76. The van der Waals surface area contributed by atoms with Crippen molar-refractivity contribution in [2.24, 2.45) is 4.99 Å². The summed E-state index contributed by atoms with van der Waals surface area (Å²) >= 11 is 0. The Balaban J connectivity index is 0.00000400. The first kappa shape index (κ1) is 19.6. The molecule has 4 nitrogen and oxygen atoms in total. The predicted octanol–water partition coefficient (Wildman–Crippen LogP) is 3.17. The van der Waals surface area contributed by atoms with Crippen molar-refractivity contribution in [1.82, 2.24) is 10.6 Å². The van der Waals surface area contributed by atoms with E-state index in [0.717, 1.165) is 13.0 Å². The molecule has 0 heterocycles. The van der Waals surface area contributed by atoms with Crippen LogP contribution in [0.15, 0.2) is 23.2 Å². The molecule has 1 aromatic rings. The standard InChI is InChI=1S/C15H21FN4.HI/c1-3-4-5-8-19-15(18-2)20-11-13-9-12(10-17)6-7-14(13)16;/h6-7,9H,3-5,8,11H2,1-2H3,(H2,18,19,20);1H. The van der Waals surface area contributed by atoms with E-state index >= 15 is 0 Å². The van der Waals surface area contributed by atoms with Crippen LogP contribution in [-0.4, -0.2) is 19.6 Å². The van der Waals surface area contributed by atoms with Crippen molar-refractivity contribution >= 4 is 29.9 Å². The molecule has 2 N–H and O–H groups in total. The second-order valence-corrected chi connectivity index (χ2v) is 4.48. The minimum Gasteiger partial charge on any atom is -0.356 e. The van der Waals surface area contributed by atoms with E-state index in [1.54, 1.807) is 13.1 Å². The third-order valence-electron chi connectivity index (χ3n) is 2.92. The number of hydrogen-bond donors (Lipinski definition) is 2. The van der Waals surface area contributed by atoms with Gasteiger partial charge in [0, 0.05) is 25.7 Å². The van der Waals surface area contributed by atoms with Crippen LogP contribution in [0, 0.1) is 17.1 Å². The van der Waals surface area contributed by atoms with Crippen LogP contribution in [0.3, 0.4) is 0 Å². The lowest BCUT2D eigenvalue weighted by Crippen LogP contribution is -2.37. The van der Waals surface area contributed by atoms with Gasteiger partial charge in [0.2, 0.25) is 0 Å². The minimum atomic E-state index is -0.321. The summed E-state index contributed by atoms with van der Waals surface area (Å²) < 4.78 is 13.6. The van der Waals surface area contributed by atoms with E-state index in [9.17, 15) is 4.39 Å². The Bertz CT molecular complexity index is 497. The van der Waals surface area contributed by atoms with Gasteiger partial charge in [0.1, 0.15) is 5.82 Å². The molecule has 0 spiro atoms. The van der Waals surface area contributed by atoms with Gasteiger partial charge in [-0.3, -0.25) is 4.99 Å². The van der Waals surface area contributed by atoms with Crippen LogP contribution in [-0.2, 0) is 6.54 Å². The fourth-order valence-corrected chi connectivity index (χ4v) is 1.76. The van der Waals surface area contributed by atoms with Gasteiger partial charge in [0.25, 0.3) is 0 Å². The van der Waals surface area contributed by atoms with Crippen LogP contribution < -0.4 is 10.6 Å². The molecule has 116 valence electrons. The van der Waals surface area contributed by atoms with Crippen molar-refractivity contribution in [3.8, 4) is 6.07 Å². The normalized spacial score (nSPS) is 10.5. The third kappa shape index (κ3) is 7.27. The summed E-state index contributed by atoms with van der Waals surface area (Å²) in [6.45, 7) is 3.29. The van der Waals surface area contributed by atoms with E-state index in [4.69, 9.17) is 5.26 Å². The SMILES string of the molecule is CCCCCNC(=NC)NCc1cc(C#N)ccc1F.I. The largest absolute Gasteiger partial charge is 0.356 e. The van der Waals surface area contributed by atoms with Gasteiger partial charge < -0.3 is 10.6 Å². The van der Waals surface area contributed by atoms with E-state index < -0.39 is 0 Å². The Labute approximate surface area is 142 Å². The first-order valence-corrected chi connectivity index (χ1v) is 6.84. The van der Waals surface area contributed by atoms with Crippen molar-refractivity contribution in [3.63, 3.8) is 0 Å². The number of guanidine groups is 1. The molecule has 0 aliphatic carbocycles. The molecule has 0 aliphatic heterocycles. The molecule has 0 aliphatic rings. The molecular weight excluding hydrogens is 382 g/mol. The number of rotatable bonds is 6. The molecular formula is C15H22FIN4. The number of halogens is 2. The molecule has 1 rings (SSSR count). The quantitative estimate of drug-likeness (QED) is 0.332. The van der Waals surface area contributed by atoms with Gasteiger partial charge in [-0.05, 0) is 24.6 Å². The topological polar surface area (TPSA) is 60.2 Å². The number of unbranched alkanes of at least 4 members (excludes halogenated alkanes) is 2. The number of benzene rings is 1. The summed E-state index contributed by atoms with van der Waals surface area (Å²) in [5, 5.41) is 15.0. The molecule has 0 atom stereocenters. The van der Waals surface area contributed by atoms with E-state index in [0.29, 0.717) is 23.6 Å². The van der Waals surface area contributed by atoms with Crippen LogP contribution >= 0.6 is 24.0 Å². The highest BCUT2D eigenvalue weighted by atomic mass is 127. The van der Waals surface area contributed by atoms with Gasteiger partial charge in [-0.1, -0.05) is 19.8 Å². The van der Waals surface area contributed by atoms with Crippen molar-refractivity contribution in [2.45, 2.75) is 32.7 Å². The Kier molecular flexibility index (Phi) is 10.6. The average molecular weight is 404 g/mol. The maximum Gasteiger partial charge on any atom is 0.191 e. The molecule has 0 unspecified atom stereocenters. The monoisotopic (exact) mass is 404 g/mol. The van der Waals surface area contributed by atoms with E-state index in [2.05, 4.69) is 22.5 Å². The van der Waals surface area contributed by atoms with Crippen molar-refractivity contribution in [3.05, 3.63) is 35.1 Å². The highest BCUT2D eigenvalue weighted by Crippen LogP contribution is 2.09. The molecule has 0 saturated heterocycles. The molecule has 21 heavy (non-hydrogen) atoms. The zero-order valence-corrected chi connectivity index (χ0v) is 14.8. The highest BCUT2D eigenvalue weighted by molar-refractivity contribution is 14.0. The number of nitrogens with zero attached hydrogens (tertiary/aromatic N) is 2. The minimum absolute atomic E-state index is 0. The summed E-state index contributed by atoms with van der Waals surface area (Å²) in [5.74, 6) is 0.320. The lowest BCUT2D eigenvalue weighted by Gasteiger charge is -2.12. The molecule has 0 aromatic heterocycles. The molecule has 6 heteroatoms. The zero-order chi connectivity index (χ0) is 14.8. The fraction of sp³-hybridized carbons (Fsp3) is 0.467. The van der Waals surface area contributed by atoms with E-state index in [-0.39, 0.29) is 29.8 Å². The van der Waals surface area contributed by atoms with Crippen LogP contribution in [0.2, 0.25) is 0 Å². The highest BCUT2D eigenvalue weighted by Gasteiger charge is 2.04. The first-order valence-electron chi connectivity index (χ1n) is 6.84. The Morgan fingerprint density at radius 3 is 2.71 bits per heavy atom. The maximum atomic E-state index is 13.6. The van der Waals surface area contributed by atoms with Crippen LogP contribution in [0.5, 0.6) is 0 Å². The number of hydrogen-bond acceptors (Lipinski definition) is 2. The van der Waals surface area contributed by atoms with Crippen LogP contribution in [0.4, 0.5) is 4.39 Å². The number of nitrogens with one attached hydrogen (secondary N) is 2. The predicted molar refractivity (Wildman–Crippen MR) is 94.3 cm³/mol. The van der Waals surface area contributed by atoms with Gasteiger partial charge >= 0.3 is 0 Å². The van der Waals surface area contributed by atoms with Gasteiger partial charge in [0.05, 0.1) is 11.6 Å². The van der Waals surface area contributed by atoms with Gasteiger partial charge in [-0.15, -0.1) is 24.0 Å². The Morgan fingerprint density at radius 1 is 1.33 bits per heavy atom. The molecule has 1 aromatic carbocycles. The second-order valence-electron chi connectivity index (χ2n) is 4.48. The Morgan fingerprint density at radius 2 is 2.10 bits per heavy atom. The third-order valence-corrected chi connectivity index (χ3v) is 2.92. The zero-order valence-electron chi connectivity index (χ0n) is 12.4. The lowest BCUT2D eigenvalue weighted by molar-refractivity contribution is 0.603. The summed E-state index contributed by atoms with van der Waals surface area (Å²) in [6, 6.07) is 6.33. The lowest BCUT2D eigenvalue weighted by atomic mass is 10.1. The van der Waals surface area contributed by atoms with Crippen molar-refractivity contribution < 1.29 is 4.39 Å². The first-order chi connectivity index (χ1) is 9.71. The molecule has 0 bridgehead atoms. The maximum absolute atomic E-state index is 13.6. The van der Waals surface area contributed by atoms with E-state index in [1.807, 2.05) is 6.07 Å². The summed E-state index contributed by atoms with van der Waals surface area (Å²) in [4.78, 5) is 4.08. The average Bonchev–Trinajstić information content (AvgIpc) is 2.48. The summed E-state index contributed by atoms with van der Waals surface area (Å²) in [7, 11) is 1.68. The van der Waals surface area contributed by atoms with Gasteiger partial charge in [-0.2, -0.15) is 5.26 Å². The summed E-state index contributed by atoms with van der Waals surface area (Å²) in [6.07, 6.45) is 3.41. The van der Waals surface area contributed by atoms with Crippen LogP contribution in [0.1, 0.15) is 37.3 Å². The smallest absolute Gasteiger partial charge is 0.191 e. The number of aliphatic imine (C=N–C) groups is 1. The van der Waals surface area contributed by atoms with Gasteiger partial charge in [0.15, 0.2) is 5.96 Å². The van der Waals surface area contributed by atoms with Crippen molar-refractivity contribution in [2.75, 3.05) is 13.6 Å². The van der Waals surface area contributed by atoms with Crippen LogP contribution in [0.25, 0.3) is 0 Å². The van der Waals surface area contributed by atoms with Gasteiger partial charge in [-0.25, -0.2) is 4.39 Å². The molecule has 0 amide bonds. The molecule has 0 fully saturated rings. The van der Waals surface area contributed by atoms with E-state index in [1.165, 1.54) is 25.0 Å². The number of nitriles is 1. The second kappa shape index (κ2) is 11.3. The summed E-state index contributed by atoms with van der Waals surface area (Å²) in [5.41, 5.74) is 0.912. The van der Waals surface area contributed by atoms with Crippen molar-refractivity contribution in [1.29, 1.82) is 5.26 Å².